The van der Waals surface area contributed by atoms with Gasteiger partial charge in [0.15, 0.2) is 5.69 Å². The van der Waals surface area contributed by atoms with Crippen LogP contribution in [0.2, 0.25) is 0 Å². The third-order valence-electron chi connectivity index (χ3n) is 2.59. The SMILES string of the molecule is Cn1nc(C(=O)O)cc1-c1ccc(CF)c(Br)c1. The first kappa shape index (κ1) is 12.8. The second kappa shape index (κ2) is 4.89. The topological polar surface area (TPSA) is 55.1 Å². The average Bonchev–Trinajstić information content (AvgIpc) is 2.71. The highest BCUT2D eigenvalue weighted by atomic mass is 79.9. The molecular formula is C12H10BrFN2O2. The van der Waals surface area contributed by atoms with Gasteiger partial charge in [0.2, 0.25) is 0 Å². The van der Waals surface area contributed by atoms with E-state index in [0.717, 1.165) is 5.56 Å². The fraction of sp³-hybridized carbons (Fsp3) is 0.167. The molecule has 1 aromatic carbocycles. The summed E-state index contributed by atoms with van der Waals surface area (Å²) in [5, 5.41) is 12.8. The lowest BCUT2D eigenvalue weighted by Gasteiger charge is -2.05. The molecule has 0 aliphatic carbocycles. The van der Waals surface area contributed by atoms with Crippen LogP contribution in [0.25, 0.3) is 11.3 Å². The first-order chi connectivity index (χ1) is 8.52. The molecule has 6 heteroatoms. The summed E-state index contributed by atoms with van der Waals surface area (Å²) in [4.78, 5) is 10.8. The zero-order chi connectivity index (χ0) is 13.3. The van der Waals surface area contributed by atoms with E-state index in [1.54, 1.807) is 25.2 Å². The third kappa shape index (κ3) is 2.28. The van der Waals surface area contributed by atoms with Crippen LogP contribution in [0.5, 0.6) is 0 Å². The molecule has 18 heavy (non-hydrogen) atoms. The molecule has 0 fully saturated rings. The normalized spacial score (nSPS) is 10.6. The van der Waals surface area contributed by atoms with Gasteiger partial charge >= 0.3 is 5.97 Å². The minimum atomic E-state index is -1.07. The molecule has 1 aromatic heterocycles. The van der Waals surface area contributed by atoms with E-state index in [4.69, 9.17) is 5.11 Å². The highest BCUT2D eigenvalue weighted by Gasteiger charge is 2.13. The Morgan fingerprint density at radius 3 is 2.72 bits per heavy atom. The van der Waals surface area contributed by atoms with Crippen molar-refractivity contribution < 1.29 is 14.3 Å². The van der Waals surface area contributed by atoms with Crippen LogP contribution in [-0.2, 0) is 13.7 Å². The van der Waals surface area contributed by atoms with Crippen LogP contribution in [0.3, 0.4) is 0 Å². The van der Waals surface area contributed by atoms with E-state index in [-0.39, 0.29) is 5.69 Å². The molecule has 0 radical (unpaired) electrons. The van der Waals surface area contributed by atoms with E-state index in [1.165, 1.54) is 10.7 Å². The summed E-state index contributed by atoms with van der Waals surface area (Å²) < 4.78 is 14.7. The van der Waals surface area contributed by atoms with Crippen molar-refractivity contribution in [1.29, 1.82) is 0 Å². The van der Waals surface area contributed by atoms with Crippen LogP contribution >= 0.6 is 15.9 Å². The quantitative estimate of drug-likeness (QED) is 0.947. The Labute approximate surface area is 111 Å². The molecule has 2 aromatic rings. The van der Waals surface area contributed by atoms with Crippen molar-refractivity contribution in [3.05, 3.63) is 40.0 Å². The Hall–Kier alpha value is -1.69. The van der Waals surface area contributed by atoms with Crippen molar-refractivity contribution in [1.82, 2.24) is 9.78 Å². The smallest absolute Gasteiger partial charge is 0.356 e. The summed E-state index contributed by atoms with van der Waals surface area (Å²) in [7, 11) is 1.67. The number of aromatic carboxylic acids is 1. The van der Waals surface area contributed by atoms with Crippen LogP contribution in [0.15, 0.2) is 28.7 Å². The zero-order valence-electron chi connectivity index (χ0n) is 9.52. The van der Waals surface area contributed by atoms with Crippen LogP contribution < -0.4 is 0 Å². The van der Waals surface area contributed by atoms with Crippen molar-refractivity contribution in [2.24, 2.45) is 7.05 Å². The molecule has 0 spiro atoms. The van der Waals surface area contributed by atoms with E-state index in [2.05, 4.69) is 21.0 Å². The summed E-state index contributed by atoms with van der Waals surface area (Å²) in [6.07, 6.45) is 0. The lowest BCUT2D eigenvalue weighted by molar-refractivity contribution is 0.0689. The van der Waals surface area contributed by atoms with E-state index in [1.807, 2.05) is 0 Å². The fourth-order valence-electron chi connectivity index (χ4n) is 1.66. The van der Waals surface area contributed by atoms with Gasteiger partial charge in [0.05, 0.1) is 5.69 Å². The maximum atomic E-state index is 12.6. The number of benzene rings is 1. The number of carboxylic acids is 1. The molecule has 0 aliphatic rings. The monoisotopic (exact) mass is 312 g/mol. The lowest BCUT2D eigenvalue weighted by atomic mass is 10.1. The lowest BCUT2D eigenvalue weighted by Crippen LogP contribution is -1.99. The summed E-state index contributed by atoms with van der Waals surface area (Å²) in [5.41, 5.74) is 1.98. The van der Waals surface area contributed by atoms with Crippen LogP contribution in [0, 0.1) is 0 Å². The van der Waals surface area contributed by atoms with Gasteiger partial charge in [-0.25, -0.2) is 9.18 Å². The number of alkyl halides is 1. The maximum absolute atomic E-state index is 12.6. The van der Waals surface area contributed by atoms with E-state index in [9.17, 15) is 9.18 Å². The van der Waals surface area contributed by atoms with Gasteiger partial charge in [0.1, 0.15) is 6.67 Å². The van der Waals surface area contributed by atoms with Gasteiger partial charge in [-0.1, -0.05) is 28.1 Å². The van der Waals surface area contributed by atoms with Crippen molar-refractivity contribution in [2.75, 3.05) is 0 Å². The number of carboxylic acid groups (broad SMARTS) is 1. The number of aromatic nitrogens is 2. The zero-order valence-corrected chi connectivity index (χ0v) is 11.1. The van der Waals surface area contributed by atoms with Crippen molar-refractivity contribution in [3.63, 3.8) is 0 Å². The molecule has 4 nitrogen and oxygen atoms in total. The standard InChI is InChI=1S/C12H10BrFN2O2/c1-16-11(5-10(15-16)12(17)18)7-2-3-8(6-14)9(13)4-7/h2-5H,6H2,1H3,(H,17,18). The number of rotatable bonds is 3. The second-order valence-electron chi connectivity index (χ2n) is 3.78. The average molecular weight is 313 g/mol. The predicted octanol–water partition coefficient (Wildman–Crippen LogP) is 3.02. The molecule has 1 N–H and O–H groups in total. The maximum Gasteiger partial charge on any atom is 0.356 e. The molecule has 0 unspecified atom stereocenters. The second-order valence-corrected chi connectivity index (χ2v) is 4.64. The summed E-state index contributed by atoms with van der Waals surface area (Å²) in [5.74, 6) is -1.07. The van der Waals surface area contributed by atoms with Gasteiger partial charge in [-0.15, -0.1) is 0 Å². The summed E-state index contributed by atoms with van der Waals surface area (Å²) >= 11 is 3.28. The Balaban J connectivity index is 2.48. The summed E-state index contributed by atoms with van der Waals surface area (Å²) in [6.45, 7) is -0.549. The van der Waals surface area contributed by atoms with E-state index >= 15 is 0 Å². The molecular weight excluding hydrogens is 303 g/mol. The highest BCUT2D eigenvalue weighted by molar-refractivity contribution is 9.10. The Bertz CT molecular complexity index is 610. The fourth-order valence-corrected chi connectivity index (χ4v) is 2.14. The molecule has 94 valence electrons. The highest BCUT2D eigenvalue weighted by Crippen LogP contribution is 2.26. The Morgan fingerprint density at radius 2 is 2.22 bits per heavy atom. The molecule has 0 atom stereocenters. The predicted molar refractivity (Wildman–Crippen MR) is 68.1 cm³/mol. The van der Waals surface area contributed by atoms with Crippen LogP contribution in [0.4, 0.5) is 4.39 Å². The van der Waals surface area contributed by atoms with E-state index in [0.29, 0.717) is 15.7 Å². The molecule has 0 aliphatic heterocycles. The van der Waals surface area contributed by atoms with E-state index < -0.39 is 12.6 Å². The number of halogens is 2. The van der Waals surface area contributed by atoms with Gasteiger partial charge in [0.25, 0.3) is 0 Å². The number of nitrogens with zero attached hydrogens (tertiary/aromatic N) is 2. The molecule has 1 heterocycles. The van der Waals surface area contributed by atoms with Gasteiger partial charge in [-0.05, 0) is 17.7 Å². The van der Waals surface area contributed by atoms with Crippen molar-refractivity contribution in [2.45, 2.75) is 6.67 Å². The Kier molecular flexibility index (Phi) is 3.47. The first-order valence-electron chi connectivity index (χ1n) is 5.15. The Morgan fingerprint density at radius 1 is 1.50 bits per heavy atom. The van der Waals surface area contributed by atoms with Crippen molar-refractivity contribution in [3.8, 4) is 11.3 Å². The molecule has 0 saturated heterocycles. The number of hydrogen-bond acceptors (Lipinski definition) is 2. The van der Waals surface area contributed by atoms with Crippen LogP contribution in [0.1, 0.15) is 16.1 Å². The minimum absolute atomic E-state index is 0.0156. The largest absolute Gasteiger partial charge is 0.476 e. The molecule has 2 rings (SSSR count). The molecule has 0 saturated carbocycles. The molecule has 0 bridgehead atoms. The first-order valence-corrected chi connectivity index (χ1v) is 5.94. The van der Waals surface area contributed by atoms with Crippen molar-refractivity contribution >= 4 is 21.9 Å². The molecule has 0 amide bonds. The number of hydrogen-bond donors (Lipinski definition) is 1. The number of aryl methyl sites for hydroxylation is 1. The van der Waals surface area contributed by atoms with Gasteiger partial charge in [0, 0.05) is 17.1 Å². The van der Waals surface area contributed by atoms with Crippen LogP contribution in [-0.4, -0.2) is 20.9 Å². The minimum Gasteiger partial charge on any atom is -0.476 e. The third-order valence-corrected chi connectivity index (χ3v) is 3.33. The number of carbonyl (C=O) groups is 1. The van der Waals surface area contributed by atoms with Gasteiger partial charge in [-0.2, -0.15) is 5.10 Å². The van der Waals surface area contributed by atoms with Gasteiger partial charge in [-0.3, -0.25) is 4.68 Å². The van der Waals surface area contributed by atoms with Gasteiger partial charge < -0.3 is 5.11 Å². The summed E-state index contributed by atoms with van der Waals surface area (Å²) in [6, 6.07) is 6.63.